The molecule has 0 saturated heterocycles. The van der Waals surface area contributed by atoms with E-state index in [1.807, 2.05) is 0 Å². The van der Waals surface area contributed by atoms with Crippen LogP contribution < -0.4 is 9.62 Å². The van der Waals surface area contributed by atoms with Gasteiger partial charge in [-0.15, -0.1) is 6.58 Å². The Balaban J connectivity index is 1.96. The number of carbonyl (C=O) groups is 1. The number of benzene rings is 2. The molecule has 2 aromatic carbocycles. The molecule has 1 N–H and O–H groups in total. The summed E-state index contributed by atoms with van der Waals surface area (Å²) in [4.78, 5) is 12.3. The maximum atomic E-state index is 13.4. The van der Waals surface area contributed by atoms with Crippen molar-refractivity contribution in [1.29, 1.82) is 0 Å². The standard InChI is InChI=1S/C21H18Cl2N2O4S/c1-2-11-25(19-8-4-3-7-17(19)22)30(27,28)20-13-15(9-10-18(20)23)21(26)24-14-16-6-5-12-29-16/h2-10,12-13H,1,11,14H2,(H,24,26). The average Bonchev–Trinajstić information content (AvgIpc) is 3.24. The van der Waals surface area contributed by atoms with Crippen LogP contribution in [0.25, 0.3) is 0 Å². The van der Waals surface area contributed by atoms with Crippen LogP contribution in [-0.2, 0) is 16.6 Å². The Labute approximate surface area is 184 Å². The Morgan fingerprint density at radius 3 is 2.53 bits per heavy atom. The molecule has 0 bridgehead atoms. The molecule has 3 rings (SSSR count). The van der Waals surface area contributed by atoms with E-state index in [1.54, 1.807) is 36.4 Å². The molecule has 0 radical (unpaired) electrons. The van der Waals surface area contributed by atoms with Gasteiger partial charge in [-0.05, 0) is 42.5 Å². The minimum atomic E-state index is -4.14. The van der Waals surface area contributed by atoms with E-state index in [4.69, 9.17) is 27.6 Å². The monoisotopic (exact) mass is 464 g/mol. The van der Waals surface area contributed by atoms with Gasteiger partial charge in [0.05, 0.1) is 35.1 Å². The lowest BCUT2D eigenvalue weighted by Crippen LogP contribution is -2.32. The van der Waals surface area contributed by atoms with Crippen LogP contribution in [0.15, 0.2) is 82.8 Å². The quantitative estimate of drug-likeness (QED) is 0.480. The summed E-state index contributed by atoms with van der Waals surface area (Å²) in [6.45, 7) is 3.76. The molecular weight excluding hydrogens is 447 g/mol. The fourth-order valence-electron chi connectivity index (χ4n) is 2.74. The third kappa shape index (κ3) is 4.70. The SMILES string of the molecule is C=CCN(c1ccccc1Cl)S(=O)(=O)c1cc(C(=O)NCc2ccco2)ccc1Cl. The number of carbonyl (C=O) groups excluding carboxylic acids is 1. The molecule has 9 heteroatoms. The van der Waals surface area contributed by atoms with E-state index in [2.05, 4.69) is 11.9 Å². The maximum Gasteiger partial charge on any atom is 0.266 e. The number of anilines is 1. The Morgan fingerprint density at radius 1 is 1.10 bits per heavy atom. The highest BCUT2D eigenvalue weighted by Gasteiger charge is 2.28. The summed E-state index contributed by atoms with van der Waals surface area (Å²) < 4.78 is 33.1. The second-order valence-corrected chi connectivity index (χ2v) is 8.83. The normalized spacial score (nSPS) is 11.1. The number of amides is 1. The van der Waals surface area contributed by atoms with Gasteiger partial charge in [-0.25, -0.2) is 8.42 Å². The molecule has 0 atom stereocenters. The van der Waals surface area contributed by atoms with Crippen molar-refractivity contribution in [3.05, 3.63) is 94.9 Å². The molecule has 6 nitrogen and oxygen atoms in total. The zero-order chi connectivity index (χ0) is 21.7. The van der Waals surface area contributed by atoms with Crippen LogP contribution >= 0.6 is 23.2 Å². The predicted molar refractivity (Wildman–Crippen MR) is 118 cm³/mol. The van der Waals surface area contributed by atoms with E-state index in [0.29, 0.717) is 5.76 Å². The lowest BCUT2D eigenvalue weighted by atomic mass is 10.2. The molecule has 156 valence electrons. The highest BCUT2D eigenvalue weighted by Crippen LogP contribution is 2.33. The number of hydrogen-bond acceptors (Lipinski definition) is 4. The van der Waals surface area contributed by atoms with Crippen LogP contribution in [0.1, 0.15) is 16.1 Å². The van der Waals surface area contributed by atoms with Gasteiger partial charge < -0.3 is 9.73 Å². The van der Waals surface area contributed by atoms with Gasteiger partial charge in [-0.3, -0.25) is 9.10 Å². The van der Waals surface area contributed by atoms with Crippen LogP contribution in [0.3, 0.4) is 0 Å². The number of halogens is 2. The predicted octanol–water partition coefficient (Wildman–Crippen LogP) is 4.90. The van der Waals surface area contributed by atoms with Gasteiger partial charge in [-0.2, -0.15) is 0 Å². The number of hydrogen-bond donors (Lipinski definition) is 1. The van der Waals surface area contributed by atoms with Crippen molar-refractivity contribution < 1.29 is 17.6 Å². The van der Waals surface area contributed by atoms with Crippen molar-refractivity contribution in [2.45, 2.75) is 11.4 Å². The topological polar surface area (TPSA) is 79.6 Å². The summed E-state index contributed by atoms with van der Waals surface area (Å²) in [6.07, 6.45) is 2.94. The Morgan fingerprint density at radius 2 is 1.87 bits per heavy atom. The number of rotatable bonds is 8. The summed E-state index contributed by atoms with van der Waals surface area (Å²) in [7, 11) is -4.14. The summed E-state index contributed by atoms with van der Waals surface area (Å²) in [6, 6.07) is 14.0. The zero-order valence-corrected chi connectivity index (χ0v) is 18.0. The van der Waals surface area contributed by atoms with Crippen molar-refractivity contribution in [2.75, 3.05) is 10.8 Å². The van der Waals surface area contributed by atoms with Gasteiger partial charge in [-0.1, -0.05) is 41.4 Å². The third-order valence-corrected chi connectivity index (χ3v) is 6.76. The van der Waals surface area contributed by atoms with Gasteiger partial charge in [0.15, 0.2) is 0 Å². The van der Waals surface area contributed by atoms with E-state index in [-0.39, 0.29) is 39.3 Å². The molecule has 3 aromatic rings. The number of para-hydroxylation sites is 1. The van der Waals surface area contributed by atoms with E-state index < -0.39 is 15.9 Å². The molecule has 1 amide bonds. The smallest absolute Gasteiger partial charge is 0.266 e. The van der Waals surface area contributed by atoms with E-state index in [9.17, 15) is 13.2 Å². The van der Waals surface area contributed by atoms with Crippen molar-refractivity contribution >= 4 is 44.8 Å². The Hall–Kier alpha value is -2.74. The molecule has 1 aromatic heterocycles. The molecule has 0 spiro atoms. The summed E-state index contributed by atoms with van der Waals surface area (Å²) >= 11 is 12.4. The van der Waals surface area contributed by atoms with E-state index >= 15 is 0 Å². The highest BCUT2D eigenvalue weighted by molar-refractivity contribution is 7.93. The maximum absolute atomic E-state index is 13.4. The summed E-state index contributed by atoms with van der Waals surface area (Å²) in [5, 5.41) is 2.91. The minimum Gasteiger partial charge on any atom is -0.467 e. The molecule has 0 saturated carbocycles. The largest absolute Gasteiger partial charge is 0.467 e. The molecule has 0 unspecified atom stereocenters. The number of furan rings is 1. The van der Waals surface area contributed by atoms with Gasteiger partial charge >= 0.3 is 0 Å². The van der Waals surface area contributed by atoms with Gasteiger partial charge in [0.25, 0.3) is 15.9 Å². The van der Waals surface area contributed by atoms with Crippen LogP contribution in [0.2, 0.25) is 10.0 Å². The molecule has 0 aliphatic rings. The molecule has 0 fully saturated rings. The van der Waals surface area contributed by atoms with Crippen molar-refractivity contribution in [2.24, 2.45) is 0 Å². The number of nitrogens with zero attached hydrogens (tertiary/aromatic N) is 1. The highest BCUT2D eigenvalue weighted by atomic mass is 35.5. The van der Waals surface area contributed by atoms with Crippen molar-refractivity contribution in [3.63, 3.8) is 0 Å². The third-order valence-electron chi connectivity index (χ3n) is 4.18. The van der Waals surface area contributed by atoms with Gasteiger partial charge in [0.2, 0.25) is 0 Å². The molecule has 0 aliphatic carbocycles. The minimum absolute atomic E-state index is 0.0151. The van der Waals surface area contributed by atoms with Crippen molar-refractivity contribution in [1.82, 2.24) is 5.32 Å². The number of sulfonamides is 1. The Kier molecular flexibility index (Phi) is 6.87. The first kappa shape index (κ1) is 22.0. The fourth-order valence-corrected chi connectivity index (χ4v) is 4.99. The second-order valence-electron chi connectivity index (χ2n) is 6.18. The number of nitrogens with one attached hydrogen (secondary N) is 1. The Bertz CT molecular complexity index is 1160. The summed E-state index contributed by atoms with van der Waals surface area (Å²) in [5.41, 5.74) is 0.421. The van der Waals surface area contributed by atoms with E-state index in [1.165, 1.54) is 30.5 Å². The summed E-state index contributed by atoms with van der Waals surface area (Å²) in [5.74, 6) is 0.105. The first-order valence-corrected chi connectivity index (χ1v) is 11.0. The first-order chi connectivity index (χ1) is 14.3. The van der Waals surface area contributed by atoms with Gasteiger partial charge in [0, 0.05) is 5.56 Å². The molecule has 30 heavy (non-hydrogen) atoms. The van der Waals surface area contributed by atoms with Crippen molar-refractivity contribution in [3.8, 4) is 0 Å². The first-order valence-electron chi connectivity index (χ1n) is 8.83. The molecular formula is C21H18Cl2N2O4S. The zero-order valence-electron chi connectivity index (χ0n) is 15.7. The van der Waals surface area contributed by atoms with Crippen LogP contribution in [-0.4, -0.2) is 20.9 Å². The fraction of sp³-hybridized carbons (Fsp3) is 0.0952. The lowest BCUT2D eigenvalue weighted by Gasteiger charge is -2.24. The van der Waals surface area contributed by atoms with Gasteiger partial charge in [0.1, 0.15) is 10.7 Å². The van der Waals surface area contributed by atoms with E-state index in [0.717, 1.165) is 4.31 Å². The lowest BCUT2D eigenvalue weighted by molar-refractivity contribution is 0.0948. The molecule has 0 aliphatic heterocycles. The van der Waals surface area contributed by atoms with Crippen LogP contribution in [0.5, 0.6) is 0 Å². The second kappa shape index (κ2) is 9.38. The average molecular weight is 465 g/mol. The van der Waals surface area contributed by atoms with Crippen LogP contribution in [0, 0.1) is 0 Å². The molecule has 1 heterocycles. The van der Waals surface area contributed by atoms with Crippen LogP contribution in [0.4, 0.5) is 5.69 Å².